The lowest BCUT2D eigenvalue weighted by Crippen LogP contribution is -2.60. The first-order valence-corrected chi connectivity index (χ1v) is 17.7. The molecule has 0 spiro atoms. The minimum Gasteiger partial charge on any atom is -0.219 e. The van der Waals surface area contributed by atoms with Crippen LogP contribution in [0.2, 0.25) is 0 Å². The van der Waals surface area contributed by atoms with Crippen LogP contribution in [0.25, 0.3) is 0 Å². The summed E-state index contributed by atoms with van der Waals surface area (Å²) in [6.45, 7) is 18.2. The zero-order chi connectivity index (χ0) is 28.1. The van der Waals surface area contributed by atoms with Crippen LogP contribution in [-0.4, -0.2) is 8.42 Å². The van der Waals surface area contributed by atoms with Crippen molar-refractivity contribution in [3.63, 3.8) is 0 Å². The van der Waals surface area contributed by atoms with Crippen LogP contribution in [0.15, 0.2) is 59.4 Å². The highest BCUT2D eigenvalue weighted by molar-refractivity contribution is 7.95. The fraction of sp³-hybridized carbons (Fsp3) is 0.722. The molecular formula is C36H54O2S. The second-order valence-electron chi connectivity index (χ2n) is 14.6. The Balaban J connectivity index is 1.32. The summed E-state index contributed by atoms with van der Waals surface area (Å²) in [4.78, 5) is 0.763. The Hall–Kier alpha value is -1.35. The molecule has 216 valence electrons. The Morgan fingerprint density at radius 1 is 1.05 bits per heavy atom. The Labute approximate surface area is 240 Å². The van der Waals surface area contributed by atoms with Crippen LogP contribution in [0.5, 0.6) is 0 Å². The van der Waals surface area contributed by atoms with Gasteiger partial charge in [0, 0.05) is 4.91 Å². The Morgan fingerprint density at radius 3 is 2.49 bits per heavy atom. The second-order valence-corrected chi connectivity index (χ2v) is 16.6. The van der Waals surface area contributed by atoms with Gasteiger partial charge >= 0.3 is 0 Å². The summed E-state index contributed by atoms with van der Waals surface area (Å²) in [6, 6.07) is 8.84. The van der Waals surface area contributed by atoms with Crippen LogP contribution in [0.1, 0.15) is 111 Å². The van der Waals surface area contributed by atoms with Gasteiger partial charge in [0.25, 0.3) is 0 Å². The monoisotopic (exact) mass is 550 g/mol. The molecule has 4 fully saturated rings. The highest BCUT2D eigenvalue weighted by Crippen LogP contribution is 2.72. The first-order chi connectivity index (χ1) is 18.5. The maximum atomic E-state index is 13.2. The molecule has 0 aliphatic heterocycles. The summed E-state index contributed by atoms with van der Waals surface area (Å²) in [5.74, 6) is 4.04. The van der Waals surface area contributed by atoms with Crippen molar-refractivity contribution in [1.29, 1.82) is 0 Å². The molecule has 0 radical (unpaired) electrons. The van der Waals surface area contributed by atoms with Gasteiger partial charge in [-0.2, -0.15) is 0 Å². The van der Waals surface area contributed by atoms with Crippen molar-refractivity contribution in [1.82, 2.24) is 0 Å². The summed E-state index contributed by atoms with van der Waals surface area (Å²) in [5, 5.41) is 0. The first kappa shape index (κ1) is 29.2. The summed E-state index contributed by atoms with van der Waals surface area (Å²) < 4.78 is 26.4. The van der Waals surface area contributed by atoms with E-state index in [1.165, 1.54) is 70.6 Å². The Morgan fingerprint density at radius 2 is 1.79 bits per heavy atom. The number of hydrogen-bond acceptors (Lipinski definition) is 2. The van der Waals surface area contributed by atoms with Crippen molar-refractivity contribution < 1.29 is 8.42 Å². The van der Waals surface area contributed by atoms with Crippen molar-refractivity contribution in [2.24, 2.45) is 51.8 Å². The average molecular weight is 551 g/mol. The van der Waals surface area contributed by atoms with E-state index >= 15 is 0 Å². The predicted octanol–water partition coefficient (Wildman–Crippen LogP) is 10.0. The van der Waals surface area contributed by atoms with E-state index in [1.54, 1.807) is 24.3 Å². The third-order valence-corrected chi connectivity index (χ3v) is 15.2. The van der Waals surface area contributed by atoms with E-state index in [0.717, 1.165) is 36.5 Å². The summed E-state index contributed by atoms with van der Waals surface area (Å²) >= 11 is 0. The number of fused-ring (bicyclic) bond motifs is 5. The Bertz CT molecular complexity index is 1150. The van der Waals surface area contributed by atoms with Gasteiger partial charge in [0.15, 0.2) is 0 Å². The van der Waals surface area contributed by atoms with E-state index in [1.807, 2.05) is 6.07 Å². The molecule has 9 atom stereocenters. The Kier molecular flexibility index (Phi) is 8.08. The van der Waals surface area contributed by atoms with Crippen LogP contribution < -0.4 is 0 Å². The van der Waals surface area contributed by atoms with Gasteiger partial charge in [-0.1, -0.05) is 71.4 Å². The van der Waals surface area contributed by atoms with Gasteiger partial charge in [-0.25, -0.2) is 8.42 Å². The summed E-state index contributed by atoms with van der Waals surface area (Å²) in [5.41, 5.74) is 1.20. The lowest BCUT2D eigenvalue weighted by Gasteiger charge is -2.68. The molecular weight excluding hydrogens is 496 g/mol. The maximum absolute atomic E-state index is 13.2. The third kappa shape index (κ3) is 4.61. The molecule has 0 amide bonds. The molecule has 0 saturated heterocycles. The lowest BCUT2D eigenvalue weighted by atomic mass is 9.36. The second kappa shape index (κ2) is 10.8. The lowest BCUT2D eigenvalue weighted by molar-refractivity contribution is -0.177. The predicted molar refractivity (Wildman–Crippen MR) is 164 cm³/mol. The molecule has 5 rings (SSSR count). The standard InChI is InChI=1S/C36H54O2S/c1-7-35-23-20-31-32-16-12-13-29(18-17-27(4)28(5)39(37,38)30-14-10-9-11-15-30)34(32,6)22-21-33(31)36(35,8-2)24-19-26(3)25-35/h7,9-11,14-15,26-27,29,31-33H,1,5,8,12-13,16-25H2,2-4,6H3/t26-,27?,29+,31-,32?,33?,34+,35+,36+/m0/s1. The zero-order valence-electron chi connectivity index (χ0n) is 25.3. The number of benzene rings is 1. The summed E-state index contributed by atoms with van der Waals surface area (Å²) in [6.07, 6.45) is 19.5. The van der Waals surface area contributed by atoms with Gasteiger partial charge < -0.3 is 0 Å². The van der Waals surface area contributed by atoms with Gasteiger partial charge in [-0.3, -0.25) is 0 Å². The van der Waals surface area contributed by atoms with Crippen LogP contribution in [-0.2, 0) is 9.84 Å². The smallest absolute Gasteiger partial charge is 0.202 e. The minimum atomic E-state index is -3.48. The van der Waals surface area contributed by atoms with Crippen molar-refractivity contribution in [2.75, 3.05) is 0 Å². The van der Waals surface area contributed by atoms with Crippen molar-refractivity contribution >= 4 is 9.84 Å². The first-order valence-electron chi connectivity index (χ1n) is 16.2. The fourth-order valence-corrected chi connectivity index (χ4v) is 12.4. The molecule has 2 nitrogen and oxygen atoms in total. The van der Waals surface area contributed by atoms with E-state index in [9.17, 15) is 8.42 Å². The van der Waals surface area contributed by atoms with E-state index < -0.39 is 9.84 Å². The maximum Gasteiger partial charge on any atom is 0.202 e. The highest BCUT2D eigenvalue weighted by Gasteiger charge is 2.63. The summed E-state index contributed by atoms with van der Waals surface area (Å²) in [7, 11) is -3.48. The van der Waals surface area contributed by atoms with Gasteiger partial charge in [0.2, 0.25) is 9.84 Å². The topological polar surface area (TPSA) is 34.1 Å². The highest BCUT2D eigenvalue weighted by atomic mass is 32.2. The van der Waals surface area contributed by atoms with Crippen LogP contribution >= 0.6 is 0 Å². The number of allylic oxidation sites excluding steroid dienone is 2. The number of hydrogen-bond donors (Lipinski definition) is 0. The van der Waals surface area contributed by atoms with Gasteiger partial charge in [0.1, 0.15) is 0 Å². The molecule has 4 aliphatic carbocycles. The molecule has 0 bridgehead atoms. The van der Waals surface area contributed by atoms with E-state index in [2.05, 4.69) is 46.9 Å². The molecule has 0 aromatic heterocycles. The molecule has 3 heteroatoms. The van der Waals surface area contributed by atoms with Crippen LogP contribution in [0.4, 0.5) is 0 Å². The molecule has 0 N–H and O–H groups in total. The SMILES string of the molecule is C=C[C@]12CC[C@@H]3C(CC[C@@]4(C)C3CCC[C@@H]4CCC(C)C(=C)S(=O)(=O)c3ccccc3)[C@@]1(CC)CC[C@H](C)C2. The fourth-order valence-electron chi connectivity index (χ4n) is 11.0. The van der Waals surface area contributed by atoms with Gasteiger partial charge in [-0.15, -0.1) is 6.58 Å². The zero-order valence-corrected chi connectivity index (χ0v) is 26.1. The van der Waals surface area contributed by atoms with Crippen LogP contribution in [0, 0.1) is 51.8 Å². The quantitative estimate of drug-likeness (QED) is 0.302. The minimum absolute atomic E-state index is 0.0222. The van der Waals surface area contributed by atoms with Crippen molar-refractivity contribution in [3.8, 4) is 0 Å². The van der Waals surface area contributed by atoms with Gasteiger partial charge in [0.05, 0.1) is 4.90 Å². The van der Waals surface area contributed by atoms with Crippen molar-refractivity contribution in [2.45, 2.75) is 116 Å². The number of sulfone groups is 1. The van der Waals surface area contributed by atoms with Gasteiger partial charge in [-0.05, 0) is 135 Å². The van der Waals surface area contributed by atoms with Crippen molar-refractivity contribution in [3.05, 3.63) is 54.5 Å². The molecule has 39 heavy (non-hydrogen) atoms. The van der Waals surface area contributed by atoms with E-state index in [0.29, 0.717) is 32.0 Å². The molecule has 4 saturated carbocycles. The molecule has 0 heterocycles. The molecule has 1 aromatic carbocycles. The normalized spacial score (nSPS) is 41.0. The molecule has 1 aromatic rings. The van der Waals surface area contributed by atoms with E-state index in [4.69, 9.17) is 0 Å². The molecule has 3 unspecified atom stereocenters. The number of rotatable bonds is 8. The van der Waals surface area contributed by atoms with Crippen LogP contribution in [0.3, 0.4) is 0 Å². The third-order valence-electron chi connectivity index (χ3n) is 13.2. The largest absolute Gasteiger partial charge is 0.219 e. The average Bonchev–Trinajstić information content (AvgIpc) is 2.95. The van der Waals surface area contributed by atoms with E-state index in [-0.39, 0.29) is 5.92 Å². The molecule has 4 aliphatic rings.